The zero-order valence-electron chi connectivity index (χ0n) is 10.9. The highest BCUT2D eigenvalue weighted by molar-refractivity contribution is 6.35. The van der Waals surface area contributed by atoms with Crippen molar-refractivity contribution >= 4 is 28.2 Å². The third-order valence-corrected chi connectivity index (χ3v) is 4.19. The number of halogens is 2. The van der Waals surface area contributed by atoms with Gasteiger partial charge in [0.25, 0.3) is 0 Å². The number of pyridine rings is 1. The highest BCUT2D eigenvalue weighted by Crippen LogP contribution is 2.38. The first kappa shape index (κ1) is 12.4. The van der Waals surface area contributed by atoms with E-state index in [2.05, 4.69) is 10.3 Å². The highest BCUT2D eigenvalue weighted by atomic mass is 35.5. The molecule has 4 rings (SSSR count). The minimum absolute atomic E-state index is 0.284. The summed E-state index contributed by atoms with van der Waals surface area (Å²) in [6, 6.07) is 3.41. The van der Waals surface area contributed by atoms with Gasteiger partial charge in [-0.15, -0.1) is 0 Å². The fourth-order valence-corrected chi connectivity index (χ4v) is 2.88. The third-order valence-electron chi connectivity index (χ3n) is 3.88. The topological polar surface area (TPSA) is 34.2 Å². The van der Waals surface area contributed by atoms with Crippen LogP contribution in [0.4, 0.5) is 10.1 Å². The molecule has 20 heavy (non-hydrogen) atoms. The molecule has 1 N–H and O–H groups in total. The number of hydrogen-bond donors (Lipinski definition) is 1. The second-order valence-electron chi connectivity index (χ2n) is 5.39. The van der Waals surface area contributed by atoms with E-state index < -0.39 is 0 Å². The molecule has 2 aliphatic rings. The van der Waals surface area contributed by atoms with Crippen molar-refractivity contribution in [2.75, 3.05) is 11.9 Å². The molecule has 0 saturated heterocycles. The number of nitrogens with one attached hydrogen (secondary N) is 1. The van der Waals surface area contributed by atoms with Crippen LogP contribution in [-0.2, 0) is 17.8 Å². The molecule has 0 spiro atoms. The molecular weight excluding hydrogens is 279 g/mol. The van der Waals surface area contributed by atoms with Gasteiger partial charge in [0.1, 0.15) is 5.82 Å². The standard InChI is InChI=1S/C15H14ClFN2O/c16-10-3-4-11(17)13-14(18-8-1-2-8)9-7-20-6-5-12(9)19-15(10)13/h3-4,8H,1-2,5-7H2,(H,18,19). The van der Waals surface area contributed by atoms with Crippen LogP contribution in [0.5, 0.6) is 0 Å². The van der Waals surface area contributed by atoms with Gasteiger partial charge in [-0.3, -0.25) is 4.98 Å². The maximum absolute atomic E-state index is 14.3. The largest absolute Gasteiger partial charge is 0.381 e. The van der Waals surface area contributed by atoms with E-state index in [0.717, 1.165) is 36.2 Å². The molecule has 0 atom stereocenters. The Hall–Kier alpha value is -1.39. The highest BCUT2D eigenvalue weighted by Gasteiger charge is 2.27. The number of fused-ring (bicyclic) bond motifs is 2. The summed E-state index contributed by atoms with van der Waals surface area (Å²) < 4.78 is 19.8. The van der Waals surface area contributed by atoms with Gasteiger partial charge in [-0.2, -0.15) is 0 Å². The summed E-state index contributed by atoms with van der Waals surface area (Å²) in [5, 5.41) is 4.43. The first-order valence-corrected chi connectivity index (χ1v) is 7.25. The second-order valence-corrected chi connectivity index (χ2v) is 5.79. The molecule has 0 unspecified atom stereocenters. The maximum Gasteiger partial charge on any atom is 0.134 e. The van der Waals surface area contributed by atoms with Gasteiger partial charge in [0, 0.05) is 18.0 Å². The van der Waals surface area contributed by atoms with Gasteiger partial charge in [-0.05, 0) is 25.0 Å². The van der Waals surface area contributed by atoms with Crippen molar-refractivity contribution in [1.82, 2.24) is 4.98 Å². The van der Waals surface area contributed by atoms with Crippen molar-refractivity contribution in [3.05, 3.63) is 34.2 Å². The molecule has 5 heteroatoms. The van der Waals surface area contributed by atoms with Gasteiger partial charge in [-0.25, -0.2) is 4.39 Å². The Morgan fingerprint density at radius 2 is 2.20 bits per heavy atom. The zero-order chi connectivity index (χ0) is 13.7. The van der Waals surface area contributed by atoms with Crippen LogP contribution in [-0.4, -0.2) is 17.6 Å². The van der Waals surface area contributed by atoms with Crippen molar-refractivity contribution < 1.29 is 9.13 Å². The summed E-state index contributed by atoms with van der Waals surface area (Å²) in [5.41, 5.74) is 3.33. The molecular formula is C15H14ClFN2O. The normalized spacial score (nSPS) is 18.1. The van der Waals surface area contributed by atoms with Crippen LogP contribution in [0.3, 0.4) is 0 Å². The smallest absolute Gasteiger partial charge is 0.134 e. The van der Waals surface area contributed by atoms with E-state index in [0.29, 0.717) is 35.2 Å². The molecule has 3 nitrogen and oxygen atoms in total. The van der Waals surface area contributed by atoms with E-state index in [1.165, 1.54) is 6.07 Å². The van der Waals surface area contributed by atoms with Crippen molar-refractivity contribution in [1.29, 1.82) is 0 Å². The average molecular weight is 293 g/mol. The van der Waals surface area contributed by atoms with Gasteiger partial charge >= 0.3 is 0 Å². The minimum atomic E-state index is -0.284. The lowest BCUT2D eigenvalue weighted by Crippen LogP contribution is -2.16. The zero-order valence-corrected chi connectivity index (χ0v) is 11.6. The van der Waals surface area contributed by atoms with E-state index in [4.69, 9.17) is 16.3 Å². The predicted molar refractivity (Wildman–Crippen MR) is 76.7 cm³/mol. The van der Waals surface area contributed by atoms with Crippen molar-refractivity contribution in [2.24, 2.45) is 0 Å². The predicted octanol–water partition coefficient (Wildman–Crippen LogP) is 3.67. The van der Waals surface area contributed by atoms with Crippen LogP contribution in [0.2, 0.25) is 5.02 Å². The lowest BCUT2D eigenvalue weighted by atomic mass is 10.0. The van der Waals surface area contributed by atoms with Crippen molar-refractivity contribution in [2.45, 2.75) is 31.9 Å². The summed E-state index contributed by atoms with van der Waals surface area (Å²) in [4.78, 5) is 4.57. The van der Waals surface area contributed by atoms with Crippen molar-refractivity contribution in [3.63, 3.8) is 0 Å². The number of anilines is 1. The molecule has 0 bridgehead atoms. The van der Waals surface area contributed by atoms with Crippen LogP contribution in [0, 0.1) is 5.82 Å². The Kier molecular flexibility index (Phi) is 2.82. The monoisotopic (exact) mass is 292 g/mol. The molecule has 2 aromatic rings. The van der Waals surface area contributed by atoms with Crippen LogP contribution in [0.25, 0.3) is 10.9 Å². The molecule has 0 radical (unpaired) electrons. The summed E-state index contributed by atoms with van der Waals surface area (Å²) in [7, 11) is 0. The van der Waals surface area contributed by atoms with E-state index >= 15 is 0 Å². The fourth-order valence-electron chi connectivity index (χ4n) is 2.68. The molecule has 1 aromatic heterocycles. The Labute approximate surface area is 121 Å². The van der Waals surface area contributed by atoms with Crippen LogP contribution in [0.15, 0.2) is 12.1 Å². The first-order chi connectivity index (χ1) is 9.74. The molecule has 1 aliphatic heterocycles. The molecule has 1 saturated carbocycles. The Morgan fingerprint density at radius 1 is 1.35 bits per heavy atom. The molecule has 1 aromatic carbocycles. The van der Waals surface area contributed by atoms with Gasteiger partial charge < -0.3 is 10.1 Å². The second kappa shape index (κ2) is 4.57. The minimum Gasteiger partial charge on any atom is -0.381 e. The van der Waals surface area contributed by atoms with E-state index in [1.54, 1.807) is 6.07 Å². The van der Waals surface area contributed by atoms with Gasteiger partial charge in [0.15, 0.2) is 0 Å². The lowest BCUT2D eigenvalue weighted by molar-refractivity contribution is 0.110. The Balaban J connectivity index is 2.03. The van der Waals surface area contributed by atoms with E-state index in [9.17, 15) is 4.39 Å². The summed E-state index contributed by atoms with van der Waals surface area (Å²) >= 11 is 6.21. The van der Waals surface area contributed by atoms with Gasteiger partial charge in [0.05, 0.1) is 40.5 Å². The number of hydrogen-bond acceptors (Lipinski definition) is 3. The van der Waals surface area contributed by atoms with Gasteiger partial charge in [0.2, 0.25) is 0 Å². The van der Waals surface area contributed by atoms with Crippen LogP contribution < -0.4 is 5.32 Å². The number of ether oxygens (including phenoxy) is 1. The number of aromatic nitrogens is 1. The first-order valence-electron chi connectivity index (χ1n) is 6.88. The van der Waals surface area contributed by atoms with Gasteiger partial charge in [-0.1, -0.05) is 11.6 Å². The molecule has 1 fully saturated rings. The number of nitrogens with zero attached hydrogens (tertiary/aromatic N) is 1. The third kappa shape index (κ3) is 1.95. The lowest BCUT2D eigenvalue weighted by Gasteiger charge is -2.22. The summed E-state index contributed by atoms with van der Waals surface area (Å²) in [6.45, 7) is 1.14. The Bertz CT molecular complexity index is 700. The number of rotatable bonds is 2. The Morgan fingerprint density at radius 3 is 3.00 bits per heavy atom. The molecule has 104 valence electrons. The van der Waals surface area contributed by atoms with Crippen molar-refractivity contribution in [3.8, 4) is 0 Å². The maximum atomic E-state index is 14.3. The van der Waals surface area contributed by atoms with Crippen LogP contribution >= 0.6 is 11.6 Å². The van der Waals surface area contributed by atoms with E-state index in [1.807, 2.05) is 0 Å². The van der Waals surface area contributed by atoms with E-state index in [-0.39, 0.29) is 5.82 Å². The molecule has 0 amide bonds. The summed E-state index contributed by atoms with van der Waals surface area (Å²) in [5.74, 6) is -0.284. The molecule has 2 heterocycles. The fraction of sp³-hybridized carbons (Fsp3) is 0.400. The summed E-state index contributed by atoms with van der Waals surface area (Å²) in [6.07, 6.45) is 3.00. The quantitative estimate of drug-likeness (QED) is 0.917. The molecule has 1 aliphatic carbocycles. The van der Waals surface area contributed by atoms with Crippen LogP contribution in [0.1, 0.15) is 24.1 Å². The number of benzene rings is 1. The average Bonchev–Trinajstić information content (AvgIpc) is 3.27. The SMILES string of the molecule is Fc1ccc(Cl)c2nc3c(c(NC4CC4)c12)COCC3.